The Morgan fingerprint density at radius 1 is 1.20 bits per heavy atom. The Morgan fingerprint density at radius 3 is 2.52 bits per heavy atom. The molecule has 140 valence electrons. The number of carbonyl (C=O) groups is 1. The summed E-state index contributed by atoms with van der Waals surface area (Å²) in [5.74, 6) is 7.46. The van der Waals surface area contributed by atoms with Crippen LogP contribution in [0.15, 0.2) is 0 Å². The van der Waals surface area contributed by atoms with Gasteiger partial charge < -0.3 is 10.2 Å². The SMILES string of the molecule is CC(C)CC1C(=O)[C@@]2(C)CC[C@@H](O)[C@H](C#C[C@@H](O)C3CCCCC3)[C@@H]12. The van der Waals surface area contributed by atoms with Crippen LogP contribution in [-0.4, -0.2) is 28.2 Å². The van der Waals surface area contributed by atoms with E-state index in [1.807, 2.05) is 0 Å². The highest BCUT2D eigenvalue weighted by molar-refractivity contribution is 5.94. The van der Waals surface area contributed by atoms with Crippen LogP contribution < -0.4 is 0 Å². The van der Waals surface area contributed by atoms with Crippen LogP contribution >= 0.6 is 0 Å². The van der Waals surface area contributed by atoms with Crippen LogP contribution in [-0.2, 0) is 4.79 Å². The second-order valence-corrected chi connectivity index (χ2v) is 9.31. The van der Waals surface area contributed by atoms with Crippen molar-refractivity contribution in [3.63, 3.8) is 0 Å². The molecule has 2 N–H and O–H groups in total. The van der Waals surface area contributed by atoms with E-state index in [0.29, 0.717) is 18.1 Å². The maximum atomic E-state index is 12.7. The Hall–Kier alpha value is -0.850. The summed E-state index contributed by atoms with van der Waals surface area (Å²) >= 11 is 0. The fraction of sp³-hybridized carbons (Fsp3) is 0.864. The Kier molecular flexibility index (Phi) is 5.61. The quantitative estimate of drug-likeness (QED) is 0.768. The fourth-order valence-corrected chi connectivity index (χ4v) is 5.60. The lowest BCUT2D eigenvalue weighted by Crippen LogP contribution is -2.63. The largest absolute Gasteiger partial charge is 0.392 e. The van der Waals surface area contributed by atoms with Crippen molar-refractivity contribution >= 4 is 5.78 Å². The lowest BCUT2D eigenvalue weighted by atomic mass is 9.44. The van der Waals surface area contributed by atoms with Gasteiger partial charge in [0.2, 0.25) is 0 Å². The summed E-state index contributed by atoms with van der Waals surface area (Å²) in [7, 11) is 0. The van der Waals surface area contributed by atoms with Crippen molar-refractivity contribution in [3.8, 4) is 11.8 Å². The van der Waals surface area contributed by atoms with E-state index in [9.17, 15) is 15.0 Å². The minimum absolute atomic E-state index is 0.0334. The van der Waals surface area contributed by atoms with E-state index >= 15 is 0 Å². The normalized spacial score (nSPS) is 40.0. The summed E-state index contributed by atoms with van der Waals surface area (Å²) in [6, 6.07) is 0. The van der Waals surface area contributed by atoms with Gasteiger partial charge in [-0.1, -0.05) is 51.9 Å². The van der Waals surface area contributed by atoms with Crippen molar-refractivity contribution in [1.29, 1.82) is 0 Å². The van der Waals surface area contributed by atoms with Crippen molar-refractivity contribution in [3.05, 3.63) is 0 Å². The molecule has 0 aromatic rings. The highest BCUT2D eigenvalue weighted by atomic mass is 16.3. The summed E-state index contributed by atoms with van der Waals surface area (Å²) in [4.78, 5) is 12.7. The van der Waals surface area contributed by atoms with Crippen LogP contribution in [0.1, 0.15) is 72.1 Å². The first kappa shape index (κ1) is 18.9. The predicted molar refractivity (Wildman–Crippen MR) is 98.6 cm³/mol. The number of aliphatic hydroxyl groups excluding tert-OH is 2. The van der Waals surface area contributed by atoms with Gasteiger partial charge in [0.15, 0.2) is 0 Å². The Morgan fingerprint density at radius 2 is 1.88 bits per heavy atom. The topological polar surface area (TPSA) is 57.5 Å². The summed E-state index contributed by atoms with van der Waals surface area (Å²) in [5, 5.41) is 21.0. The van der Waals surface area contributed by atoms with E-state index in [2.05, 4.69) is 32.6 Å². The van der Waals surface area contributed by atoms with Gasteiger partial charge in [-0.3, -0.25) is 4.79 Å². The van der Waals surface area contributed by atoms with Gasteiger partial charge in [0, 0.05) is 11.3 Å². The van der Waals surface area contributed by atoms with Crippen molar-refractivity contribution in [2.45, 2.75) is 84.3 Å². The van der Waals surface area contributed by atoms with Gasteiger partial charge in [0.05, 0.1) is 12.0 Å². The molecule has 3 aliphatic carbocycles. The zero-order valence-corrected chi connectivity index (χ0v) is 16.0. The standard InChI is InChI=1S/C22H34O3/c1-14(2)13-17-20-16(19(24)11-12-22(20,3)21(17)25)9-10-18(23)15-7-5-4-6-8-15/h14-20,23-24H,4-8,11-13H2,1-3H3/t16-,17?,18+,19+,20-,22-/m0/s1. The molecule has 0 saturated heterocycles. The van der Waals surface area contributed by atoms with E-state index in [1.165, 1.54) is 19.3 Å². The molecule has 25 heavy (non-hydrogen) atoms. The van der Waals surface area contributed by atoms with E-state index in [1.54, 1.807) is 0 Å². The molecule has 0 radical (unpaired) electrons. The van der Waals surface area contributed by atoms with Gasteiger partial charge in [-0.05, 0) is 49.9 Å². The molecule has 3 heteroatoms. The number of carbonyl (C=O) groups excluding carboxylic acids is 1. The number of aliphatic hydroxyl groups is 2. The van der Waals surface area contributed by atoms with Gasteiger partial charge in [-0.25, -0.2) is 0 Å². The van der Waals surface area contributed by atoms with Crippen molar-refractivity contribution in [1.82, 2.24) is 0 Å². The maximum Gasteiger partial charge on any atom is 0.142 e. The molecule has 0 amide bonds. The zero-order chi connectivity index (χ0) is 18.2. The first-order valence-electron chi connectivity index (χ1n) is 10.3. The molecule has 3 aliphatic rings. The minimum Gasteiger partial charge on any atom is -0.392 e. The second kappa shape index (κ2) is 7.41. The number of fused-ring (bicyclic) bond motifs is 1. The molecule has 3 nitrogen and oxygen atoms in total. The van der Waals surface area contributed by atoms with Crippen molar-refractivity contribution in [2.75, 3.05) is 0 Å². The van der Waals surface area contributed by atoms with Gasteiger partial charge in [0.1, 0.15) is 11.9 Å². The predicted octanol–water partition coefficient (Wildman–Crippen LogP) is 3.57. The lowest BCUT2D eigenvalue weighted by Gasteiger charge is -2.58. The molecule has 6 atom stereocenters. The van der Waals surface area contributed by atoms with E-state index in [4.69, 9.17) is 0 Å². The number of hydrogen-bond acceptors (Lipinski definition) is 3. The lowest BCUT2D eigenvalue weighted by molar-refractivity contribution is -0.173. The molecule has 3 saturated carbocycles. The average Bonchev–Trinajstić information content (AvgIpc) is 2.61. The molecular formula is C22H34O3. The number of Topliss-reactive ketones (excluding diaryl/α,β-unsaturated/α-hetero) is 1. The fourth-order valence-electron chi connectivity index (χ4n) is 5.60. The van der Waals surface area contributed by atoms with Crippen LogP contribution in [0.4, 0.5) is 0 Å². The third-order valence-electron chi connectivity index (χ3n) is 7.05. The molecule has 3 fully saturated rings. The van der Waals surface area contributed by atoms with Crippen LogP contribution in [0, 0.1) is 46.8 Å². The van der Waals surface area contributed by atoms with E-state index < -0.39 is 12.2 Å². The maximum absolute atomic E-state index is 12.7. The van der Waals surface area contributed by atoms with Crippen LogP contribution in [0.25, 0.3) is 0 Å². The number of ketones is 1. The zero-order valence-electron chi connectivity index (χ0n) is 16.0. The molecule has 0 heterocycles. The van der Waals surface area contributed by atoms with Gasteiger partial charge >= 0.3 is 0 Å². The third-order valence-corrected chi connectivity index (χ3v) is 7.05. The summed E-state index contributed by atoms with van der Waals surface area (Å²) in [5.41, 5.74) is -0.312. The first-order valence-corrected chi connectivity index (χ1v) is 10.3. The molecule has 3 rings (SSSR count). The Bertz CT molecular complexity index is 551. The van der Waals surface area contributed by atoms with Gasteiger partial charge in [-0.15, -0.1) is 0 Å². The van der Waals surface area contributed by atoms with Gasteiger partial charge in [-0.2, -0.15) is 0 Å². The third kappa shape index (κ3) is 3.53. The molecule has 0 spiro atoms. The number of hydrogen-bond donors (Lipinski definition) is 2. The Balaban J connectivity index is 1.76. The highest BCUT2D eigenvalue weighted by Gasteiger charge is 2.63. The minimum atomic E-state index is -0.583. The highest BCUT2D eigenvalue weighted by Crippen LogP contribution is 2.59. The summed E-state index contributed by atoms with van der Waals surface area (Å²) in [6.07, 6.45) is 6.99. The number of rotatable bonds is 3. The summed E-state index contributed by atoms with van der Waals surface area (Å²) < 4.78 is 0. The average molecular weight is 347 g/mol. The Labute approximate surface area is 152 Å². The van der Waals surface area contributed by atoms with Crippen LogP contribution in [0.5, 0.6) is 0 Å². The van der Waals surface area contributed by atoms with Crippen molar-refractivity contribution < 1.29 is 15.0 Å². The van der Waals surface area contributed by atoms with Crippen LogP contribution in [0.2, 0.25) is 0 Å². The molecule has 0 aromatic carbocycles. The van der Waals surface area contributed by atoms with Gasteiger partial charge in [0.25, 0.3) is 0 Å². The molecule has 0 aliphatic heterocycles. The summed E-state index contributed by atoms with van der Waals surface area (Å²) in [6.45, 7) is 6.36. The molecule has 0 bridgehead atoms. The molecule has 0 aromatic heterocycles. The second-order valence-electron chi connectivity index (χ2n) is 9.31. The van der Waals surface area contributed by atoms with Crippen LogP contribution in [0.3, 0.4) is 0 Å². The molecular weight excluding hydrogens is 312 g/mol. The molecule has 1 unspecified atom stereocenters. The monoisotopic (exact) mass is 346 g/mol. The van der Waals surface area contributed by atoms with Crippen molar-refractivity contribution in [2.24, 2.45) is 35.0 Å². The van der Waals surface area contributed by atoms with E-state index in [0.717, 1.165) is 25.7 Å². The smallest absolute Gasteiger partial charge is 0.142 e. The first-order chi connectivity index (χ1) is 11.8. The van der Waals surface area contributed by atoms with E-state index in [-0.39, 0.29) is 29.1 Å².